The number of aromatic nitrogens is 2. The number of rotatable bonds is 3. The van der Waals surface area contributed by atoms with Crippen LogP contribution in [0.1, 0.15) is 5.56 Å². The molecule has 0 unspecified atom stereocenters. The van der Waals surface area contributed by atoms with Crippen LogP contribution in [0.15, 0.2) is 35.6 Å². The van der Waals surface area contributed by atoms with Crippen LogP contribution in [-0.4, -0.2) is 9.97 Å². The van der Waals surface area contributed by atoms with Gasteiger partial charge >= 0.3 is 0 Å². The minimum atomic E-state index is 0.427. The van der Waals surface area contributed by atoms with Gasteiger partial charge in [-0.15, -0.1) is 0 Å². The number of nitrogen functional groups attached to an aromatic ring is 1. The van der Waals surface area contributed by atoms with Gasteiger partial charge in [-0.2, -0.15) is 0 Å². The Balaban J connectivity index is 2.13. The maximum Gasteiger partial charge on any atom is 0.156 e. The van der Waals surface area contributed by atoms with Gasteiger partial charge in [0.25, 0.3) is 0 Å². The second-order valence-electron chi connectivity index (χ2n) is 3.25. The van der Waals surface area contributed by atoms with E-state index in [0.29, 0.717) is 26.6 Å². The highest BCUT2D eigenvalue weighted by molar-refractivity contribution is 7.98. The summed E-state index contributed by atoms with van der Waals surface area (Å²) in [5, 5.41) is 1.82. The lowest BCUT2D eigenvalue weighted by Gasteiger charge is -2.06. The molecule has 2 aromatic rings. The topological polar surface area (TPSA) is 51.8 Å². The summed E-state index contributed by atoms with van der Waals surface area (Å²) in [6, 6.07) is 5.55. The van der Waals surface area contributed by atoms with Crippen molar-refractivity contribution in [3.8, 4) is 0 Å². The van der Waals surface area contributed by atoms with E-state index in [9.17, 15) is 0 Å². The van der Waals surface area contributed by atoms with Gasteiger partial charge in [0, 0.05) is 18.1 Å². The summed E-state index contributed by atoms with van der Waals surface area (Å²) in [5.41, 5.74) is 6.65. The van der Waals surface area contributed by atoms with E-state index in [0.717, 1.165) is 5.56 Å². The molecule has 1 aromatic carbocycles. The second kappa shape index (κ2) is 5.58. The Morgan fingerprint density at radius 3 is 2.71 bits per heavy atom. The smallest absolute Gasteiger partial charge is 0.156 e. The van der Waals surface area contributed by atoms with E-state index in [4.69, 9.17) is 28.9 Å². The molecule has 1 aromatic heterocycles. The van der Waals surface area contributed by atoms with Crippen LogP contribution in [0.4, 0.5) is 5.82 Å². The maximum absolute atomic E-state index is 6.09. The van der Waals surface area contributed by atoms with Crippen LogP contribution in [0, 0.1) is 0 Å². The molecule has 0 amide bonds. The van der Waals surface area contributed by atoms with Crippen molar-refractivity contribution >= 4 is 40.8 Å². The number of hydrogen-bond donors (Lipinski definition) is 1. The molecule has 6 heteroatoms. The normalized spacial score (nSPS) is 10.5. The van der Waals surface area contributed by atoms with Crippen LogP contribution in [0.5, 0.6) is 0 Å². The van der Waals surface area contributed by atoms with E-state index in [-0.39, 0.29) is 0 Å². The molecule has 0 aliphatic heterocycles. The molecule has 0 aliphatic rings. The summed E-state index contributed by atoms with van der Waals surface area (Å²) in [6.45, 7) is 0. The molecule has 0 spiro atoms. The lowest BCUT2D eigenvalue weighted by molar-refractivity contribution is 1.07. The van der Waals surface area contributed by atoms with E-state index in [1.807, 2.05) is 12.1 Å². The Hall–Kier alpha value is -0.970. The van der Waals surface area contributed by atoms with Crippen molar-refractivity contribution in [2.45, 2.75) is 10.8 Å². The first-order chi connectivity index (χ1) is 8.18. The van der Waals surface area contributed by atoms with Crippen LogP contribution in [-0.2, 0) is 5.75 Å². The molecule has 0 fully saturated rings. The summed E-state index contributed by atoms with van der Waals surface area (Å²) in [7, 11) is 0. The zero-order valence-electron chi connectivity index (χ0n) is 8.73. The molecule has 0 bridgehead atoms. The molecule has 0 saturated heterocycles. The molecule has 0 atom stereocenters. The standard InChI is InChI=1S/C11H9Cl2N3S/c12-8-3-1-2-7(9(8)13)6-17-11-10(14)15-4-5-16-11/h1-5H,6H2,(H2,14,15). The zero-order valence-corrected chi connectivity index (χ0v) is 11.1. The lowest BCUT2D eigenvalue weighted by atomic mass is 10.2. The molecule has 3 nitrogen and oxygen atoms in total. The van der Waals surface area contributed by atoms with Crippen LogP contribution < -0.4 is 5.73 Å². The summed E-state index contributed by atoms with van der Waals surface area (Å²) < 4.78 is 0. The Morgan fingerprint density at radius 1 is 1.18 bits per heavy atom. The van der Waals surface area contributed by atoms with Gasteiger partial charge in [0.05, 0.1) is 10.0 Å². The third-order valence-corrected chi connectivity index (χ3v) is 3.99. The first-order valence-electron chi connectivity index (χ1n) is 4.80. The van der Waals surface area contributed by atoms with Crippen molar-refractivity contribution < 1.29 is 0 Å². The van der Waals surface area contributed by atoms with Crippen LogP contribution in [0.2, 0.25) is 10.0 Å². The highest BCUT2D eigenvalue weighted by atomic mass is 35.5. The van der Waals surface area contributed by atoms with Gasteiger partial charge in [-0.05, 0) is 11.6 Å². The molecule has 17 heavy (non-hydrogen) atoms. The lowest BCUT2D eigenvalue weighted by Crippen LogP contribution is -1.95. The van der Waals surface area contributed by atoms with Crippen molar-refractivity contribution in [1.82, 2.24) is 9.97 Å². The Labute approximate surface area is 113 Å². The largest absolute Gasteiger partial charge is 0.381 e. The summed E-state index contributed by atoms with van der Waals surface area (Å²) in [6.07, 6.45) is 3.17. The summed E-state index contributed by atoms with van der Waals surface area (Å²) in [5.74, 6) is 1.08. The first-order valence-corrected chi connectivity index (χ1v) is 6.55. The average Bonchev–Trinajstić information content (AvgIpc) is 2.33. The van der Waals surface area contributed by atoms with Gasteiger partial charge in [0.1, 0.15) is 5.03 Å². The minimum absolute atomic E-state index is 0.427. The molecule has 2 rings (SSSR count). The van der Waals surface area contributed by atoms with Crippen molar-refractivity contribution in [2.24, 2.45) is 0 Å². The molecule has 0 aliphatic carbocycles. The Bertz CT molecular complexity index is 534. The Kier molecular flexibility index (Phi) is 4.10. The number of thioether (sulfide) groups is 1. The highest BCUT2D eigenvalue weighted by Gasteiger charge is 2.07. The second-order valence-corrected chi connectivity index (χ2v) is 5.00. The minimum Gasteiger partial charge on any atom is -0.381 e. The number of anilines is 1. The predicted octanol–water partition coefficient (Wildman–Crippen LogP) is 3.66. The maximum atomic E-state index is 6.09. The van der Waals surface area contributed by atoms with Gasteiger partial charge in [0.2, 0.25) is 0 Å². The van der Waals surface area contributed by atoms with Crippen LogP contribution in [0.3, 0.4) is 0 Å². The molecule has 2 N–H and O–H groups in total. The number of benzene rings is 1. The SMILES string of the molecule is Nc1nccnc1SCc1cccc(Cl)c1Cl. The van der Waals surface area contributed by atoms with Crippen molar-refractivity contribution in [2.75, 3.05) is 5.73 Å². The van der Waals surface area contributed by atoms with Gasteiger partial charge in [-0.25, -0.2) is 9.97 Å². The van der Waals surface area contributed by atoms with Crippen molar-refractivity contribution in [3.63, 3.8) is 0 Å². The van der Waals surface area contributed by atoms with Crippen molar-refractivity contribution in [3.05, 3.63) is 46.2 Å². The summed E-state index contributed by atoms with van der Waals surface area (Å²) in [4.78, 5) is 8.11. The fourth-order valence-electron chi connectivity index (χ4n) is 1.25. The molecule has 0 radical (unpaired) electrons. The third-order valence-electron chi connectivity index (χ3n) is 2.09. The van der Waals surface area contributed by atoms with E-state index >= 15 is 0 Å². The molecule has 1 heterocycles. The van der Waals surface area contributed by atoms with E-state index in [1.165, 1.54) is 11.8 Å². The highest BCUT2D eigenvalue weighted by Crippen LogP contribution is 2.31. The monoisotopic (exact) mass is 285 g/mol. The molecule has 88 valence electrons. The number of hydrogen-bond acceptors (Lipinski definition) is 4. The van der Waals surface area contributed by atoms with E-state index in [1.54, 1.807) is 18.5 Å². The van der Waals surface area contributed by atoms with E-state index in [2.05, 4.69) is 9.97 Å². The fraction of sp³-hybridized carbons (Fsp3) is 0.0909. The first kappa shape index (κ1) is 12.5. The number of nitrogens with zero attached hydrogens (tertiary/aromatic N) is 2. The number of halogens is 2. The van der Waals surface area contributed by atoms with Gasteiger partial charge in [-0.3, -0.25) is 0 Å². The van der Waals surface area contributed by atoms with Gasteiger partial charge in [0.15, 0.2) is 5.82 Å². The van der Waals surface area contributed by atoms with E-state index < -0.39 is 0 Å². The summed E-state index contributed by atoms with van der Waals surface area (Å²) >= 11 is 13.5. The third kappa shape index (κ3) is 3.03. The number of nitrogens with two attached hydrogens (primary N) is 1. The predicted molar refractivity (Wildman–Crippen MR) is 72.5 cm³/mol. The average molecular weight is 286 g/mol. The Morgan fingerprint density at radius 2 is 1.94 bits per heavy atom. The molecular formula is C11H9Cl2N3S. The van der Waals surface area contributed by atoms with Gasteiger partial charge in [-0.1, -0.05) is 47.1 Å². The van der Waals surface area contributed by atoms with Crippen LogP contribution in [0.25, 0.3) is 0 Å². The molecule has 0 saturated carbocycles. The fourth-order valence-corrected chi connectivity index (χ4v) is 2.59. The van der Waals surface area contributed by atoms with Gasteiger partial charge < -0.3 is 5.73 Å². The zero-order chi connectivity index (χ0) is 12.3. The van der Waals surface area contributed by atoms with Crippen molar-refractivity contribution in [1.29, 1.82) is 0 Å². The quantitative estimate of drug-likeness (QED) is 0.875. The molecular weight excluding hydrogens is 277 g/mol. The van der Waals surface area contributed by atoms with Crippen LogP contribution >= 0.6 is 35.0 Å².